The van der Waals surface area contributed by atoms with Crippen molar-refractivity contribution in [2.45, 2.75) is 19.9 Å². The van der Waals surface area contributed by atoms with Crippen LogP contribution in [0.4, 0.5) is 0 Å². The zero-order chi connectivity index (χ0) is 16.2. The minimum Gasteiger partial charge on any atom is -0.361 e. The normalized spacial score (nSPS) is 10.8. The third-order valence-electron chi connectivity index (χ3n) is 3.75. The first kappa shape index (κ1) is 15.0. The molecule has 3 aromatic rings. The molecule has 0 saturated heterocycles. The number of hydrogen-bond acceptors (Lipinski definition) is 3. The van der Waals surface area contributed by atoms with Gasteiger partial charge in [0.05, 0.1) is 6.33 Å². The smallest absolute Gasteiger partial charge is 0.253 e. The van der Waals surface area contributed by atoms with Gasteiger partial charge in [-0.15, -0.1) is 0 Å². The fourth-order valence-electron chi connectivity index (χ4n) is 2.41. The van der Waals surface area contributed by atoms with Gasteiger partial charge < -0.3 is 10.3 Å². The summed E-state index contributed by atoms with van der Waals surface area (Å²) in [5, 5.41) is 3.88. The Labute approximate surface area is 133 Å². The summed E-state index contributed by atoms with van der Waals surface area (Å²) < 4.78 is 1.49. The third-order valence-corrected chi connectivity index (χ3v) is 3.75. The summed E-state index contributed by atoms with van der Waals surface area (Å²) >= 11 is 0. The van der Waals surface area contributed by atoms with Gasteiger partial charge in [-0.2, -0.15) is 0 Å². The molecule has 2 heterocycles. The van der Waals surface area contributed by atoms with Gasteiger partial charge >= 0.3 is 0 Å². The maximum Gasteiger partial charge on any atom is 0.253 e. The van der Waals surface area contributed by atoms with Gasteiger partial charge in [0, 0.05) is 42.1 Å². The minimum absolute atomic E-state index is 0.0982. The Morgan fingerprint density at radius 1 is 1.30 bits per heavy atom. The molecule has 6 heteroatoms. The van der Waals surface area contributed by atoms with Gasteiger partial charge in [-0.1, -0.05) is 13.0 Å². The molecule has 0 radical (unpaired) electrons. The number of fused-ring (bicyclic) bond motifs is 1. The van der Waals surface area contributed by atoms with Gasteiger partial charge in [-0.25, -0.2) is 4.98 Å². The number of nitrogens with one attached hydrogen (secondary N) is 2. The molecule has 23 heavy (non-hydrogen) atoms. The number of nitrogens with zero attached hydrogens (tertiary/aromatic N) is 2. The van der Waals surface area contributed by atoms with E-state index in [1.54, 1.807) is 6.07 Å². The Morgan fingerprint density at radius 3 is 2.96 bits per heavy atom. The first-order valence-electron chi connectivity index (χ1n) is 7.58. The molecule has 0 aliphatic heterocycles. The van der Waals surface area contributed by atoms with Gasteiger partial charge in [-0.05, 0) is 30.0 Å². The average molecular weight is 310 g/mol. The highest BCUT2D eigenvalue weighted by Gasteiger charge is 2.07. The molecule has 0 unspecified atom stereocenters. The molecule has 2 aromatic heterocycles. The summed E-state index contributed by atoms with van der Waals surface area (Å²) in [6.07, 6.45) is 4.10. The van der Waals surface area contributed by atoms with E-state index >= 15 is 0 Å². The third kappa shape index (κ3) is 3.31. The van der Waals surface area contributed by atoms with E-state index in [1.165, 1.54) is 17.0 Å². The molecule has 1 amide bonds. The zero-order valence-electron chi connectivity index (χ0n) is 12.9. The van der Waals surface area contributed by atoms with Crippen molar-refractivity contribution < 1.29 is 4.79 Å². The molecule has 0 fully saturated rings. The summed E-state index contributed by atoms with van der Waals surface area (Å²) in [7, 11) is 0. The maximum absolute atomic E-state index is 12.2. The standard InChI is InChI=1S/C17H18N4O2/c1-2-14-10-16(22)21(11-20-14)8-7-19-17(23)13-4-3-12-5-6-18-15(12)9-13/h3-6,9-11,18H,2,7-8H2,1H3,(H,19,23). The topological polar surface area (TPSA) is 79.8 Å². The van der Waals surface area contributed by atoms with Crippen LogP contribution < -0.4 is 10.9 Å². The van der Waals surface area contributed by atoms with Gasteiger partial charge in [0.2, 0.25) is 0 Å². The summed E-state index contributed by atoms with van der Waals surface area (Å²) in [6, 6.07) is 8.99. The van der Waals surface area contributed by atoms with Crippen molar-refractivity contribution in [3.8, 4) is 0 Å². The van der Waals surface area contributed by atoms with Gasteiger partial charge in [0.1, 0.15) is 0 Å². The molecule has 6 nitrogen and oxygen atoms in total. The fourth-order valence-corrected chi connectivity index (χ4v) is 2.41. The van der Waals surface area contributed by atoms with Crippen LogP contribution >= 0.6 is 0 Å². The van der Waals surface area contributed by atoms with E-state index < -0.39 is 0 Å². The largest absolute Gasteiger partial charge is 0.361 e. The molecular weight excluding hydrogens is 292 g/mol. The van der Waals surface area contributed by atoms with Gasteiger partial charge in [0.25, 0.3) is 11.5 Å². The van der Waals surface area contributed by atoms with Crippen LogP contribution in [0.3, 0.4) is 0 Å². The van der Waals surface area contributed by atoms with Crippen molar-refractivity contribution in [3.05, 3.63) is 64.5 Å². The first-order chi connectivity index (χ1) is 11.2. The number of benzene rings is 1. The highest BCUT2D eigenvalue weighted by Crippen LogP contribution is 2.13. The molecule has 0 aliphatic rings. The zero-order valence-corrected chi connectivity index (χ0v) is 12.9. The Morgan fingerprint density at radius 2 is 2.17 bits per heavy atom. The molecule has 118 valence electrons. The van der Waals surface area contributed by atoms with Crippen LogP contribution in [0.2, 0.25) is 0 Å². The van der Waals surface area contributed by atoms with E-state index in [0.29, 0.717) is 18.7 Å². The van der Waals surface area contributed by atoms with Crippen LogP contribution in [-0.2, 0) is 13.0 Å². The lowest BCUT2D eigenvalue weighted by Gasteiger charge is -2.08. The molecule has 3 rings (SSSR count). The van der Waals surface area contributed by atoms with E-state index in [1.807, 2.05) is 31.3 Å². The number of amides is 1. The van der Waals surface area contributed by atoms with Crippen LogP contribution in [0.15, 0.2) is 47.7 Å². The van der Waals surface area contributed by atoms with E-state index in [2.05, 4.69) is 15.3 Å². The van der Waals surface area contributed by atoms with E-state index in [0.717, 1.165) is 23.0 Å². The number of H-pyrrole nitrogens is 1. The van der Waals surface area contributed by atoms with Crippen LogP contribution in [0, 0.1) is 0 Å². The van der Waals surface area contributed by atoms with Crippen LogP contribution in [0.5, 0.6) is 0 Å². The quantitative estimate of drug-likeness (QED) is 0.753. The molecule has 0 aliphatic carbocycles. The second-order valence-electron chi connectivity index (χ2n) is 5.30. The van der Waals surface area contributed by atoms with Crippen LogP contribution in [0.25, 0.3) is 10.9 Å². The first-order valence-corrected chi connectivity index (χ1v) is 7.58. The Hall–Kier alpha value is -2.89. The van der Waals surface area contributed by atoms with Gasteiger partial charge in [0.15, 0.2) is 0 Å². The highest BCUT2D eigenvalue weighted by atomic mass is 16.1. The lowest BCUT2D eigenvalue weighted by atomic mass is 10.1. The number of rotatable bonds is 5. The monoisotopic (exact) mass is 310 g/mol. The SMILES string of the molecule is CCc1cc(=O)n(CCNC(=O)c2ccc3cc[nH]c3c2)cn1. The Balaban J connectivity index is 1.61. The van der Waals surface area contributed by atoms with E-state index in [-0.39, 0.29) is 11.5 Å². The number of carbonyl (C=O) groups excluding carboxylic acids is 1. The number of aromatic amines is 1. The molecular formula is C17H18N4O2. The van der Waals surface area contributed by atoms with Crippen molar-refractivity contribution in [2.24, 2.45) is 0 Å². The Bertz CT molecular complexity index is 895. The minimum atomic E-state index is -0.160. The molecule has 2 N–H and O–H groups in total. The summed E-state index contributed by atoms with van der Waals surface area (Å²) in [5.74, 6) is -0.160. The summed E-state index contributed by atoms with van der Waals surface area (Å²) in [5.41, 5.74) is 2.19. The van der Waals surface area contributed by atoms with E-state index in [4.69, 9.17) is 0 Å². The predicted octanol–water partition coefficient (Wildman–Crippen LogP) is 1.72. The second-order valence-corrected chi connectivity index (χ2v) is 5.30. The summed E-state index contributed by atoms with van der Waals surface area (Å²) in [4.78, 5) is 31.3. The average Bonchev–Trinajstić information content (AvgIpc) is 3.03. The van der Waals surface area contributed by atoms with Gasteiger partial charge in [-0.3, -0.25) is 14.2 Å². The number of hydrogen-bond donors (Lipinski definition) is 2. The number of aryl methyl sites for hydroxylation is 1. The maximum atomic E-state index is 12.2. The number of aromatic nitrogens is 3. The second kappa shape index (κ2) is 6.48. The van der Waals surface area contributed by atoms with Crippen molar-refractivity contribution in [2.75, 3.05) is 6.54 Å². The molecule has 1 aromatic carbocycles. The van der Waals surface area contributed by atoms with E-state index in [9.17, 15) is 9.59 Å². The summed E-state index contributed by atoms with van der Waals surface area (Å²) in [6.45, 7) is 2.72. The number of carbonyl (C=O) groups is 1. The predicted molar refractivity (Wildman–Crippen MR) is 88.5 cm³/mol. The molecule has 0 spiro atoms. The lowest BCUT2D eigenvalue weighted by Crippen LogP contribution is -2.31. The molecule has 0 atom stereocenters. The Kier molecular flexibility index (Phi) is 4.23. The van der Waals surface area contributed by atoms with Crippen molar-refractivity contribution in [1.29, 1.82) is 0 Å². The van der Waals surface area contributed by atoms with Crippen molar-refractivity contribution in [1.82, 2.24) is 19.9 Å². The van der Waals surface area contributed by atoms with Crippen molar-refractivity contribution in [3.63, 3.8) is 0 Å². The van der Waals surface area contributed by atoms with Crippen LogP contribution in [0.1, 0.15) is 23.0 Å². The van der Waals surface area contributed by atoms with Crippen LogP contribution in [-0.4, -0.2) is 27.0 Å². The lowest BCUT2D eigenvalue weighted by molar-refractivity contribution is 0.0952. The van der Waals surface area contributed by atoms with Crippen molar-refractivity contribution >= 4 is 16.8 Å². The highest BCUT2D eigenvalue weighted by molar-refractivity contribution is 5.97. The fraction of sp³-hybridized carbons (Fsp3) is 0.235. The molecule has 0 saturated carbocycles. The molecule has 0 bridgehead atoms.